The monoisotopic (exact) mass is 331 g/mol. The first kappa shape index (κ1) is 17.1. The standard InChI is InChI=1S/C15H17N5O4/c1-11-3-4-12(20(23)24)9-13(11)18-15(22)14(21)17-5-2-7-19-8-6-16-10-19/h3-4,6,8-10H,2,5,7H2,1H3,(H,17,21)(H,18,22). The second-order valence-electron chi connectivity index (χ2n) is 5.12. The number of hydrogen-bond acceptors (Lipinski definition) is 5. The zero-order chi connectivity index (χ0) is 17.5. The summed E-state index contributed by atoms with van der Waals surface area (Å²) in [6.07, 6.45) is 5.78. The molecular weight excluding hydrogens is 314 g/mol. The Kier molecular flexibility index (Phi) is 5.61. The van der Waals surface area contributed by atoms with Gasteiger partial charge in [0.2, 0.25) is 0 Å². The first-order valence-corrected chi connectivity index (χ1v) is 7.27. The van der Waals surface area contributed by atoms with Crippen molar-refractivity contribution in [3.63, 3.8) is 0 Å². The van der Waals surface area contributed by atoms with Crippen LogP contribution in [0.3, 0.4) is 0 Å². The van der Waals surface area contributed by atoms with Gasteiger partial charge in [0.05, 0.1) is 16.9 Å². The molecule has 2 amide bonds. The molecular formula is C15H17N5O4. The Labute approximate surface area is 137 Å². The number of nitrogens with zero attached hydrogens (tertiary/aromatic N) is 3. The second kappa shape index (κ2) is 7.86. The fraction of sp³-hybridized carbons (Fsp3) is 0.267. The first-order chi connectivity index (χ1) is 11.5. The topological polar surface area (TPSA) is 119 Å². The lowest BCUT2D eigenvalue weighted by atomic mass is 10.2. The lowest BCUT2D eigenvalue weighted by Crippen LogP contribution is -2.36. The molecule has 0 aliphatic carbocycles. The summed E-state index contributed by atoms with van der Waals surface area (Å²) >= 11 is 0. The van der Waals surface area contributed by atoms with Gasteiger partial charge in [-0.15, -0.1) is 0 Å². The molecule has 2 aromatic rings. The normalized spacial score (nSPS) is 10.2. The van der Waals surface area contributed by atoms with E-state index in [-0.39, 0.29) is 11.4 Å². The van der Waals surface area contributed by atoms with Crippen molar-refractivity contribution in [2.75, 3.05) is 11.9 Å². The van der Waals surface area contributed by atoms with Crippen LogP contribution in [0.15, 0.2) is 36.9 Å². The van der Waals surface area contributed by atoms with Gasteiger partial charge in [0.1, 0.15) is 0 Å². The minimum atomic E-state index is -0.860. The van der Waals surface area contributed by atoms with Gasteiger partial charge in [-0.25, -0.2) is 4.98 Å². The molecule has 0 unspecified atom stereocenters. The van der Waals surface area contributed by atoms with Crippen LogP contribution in [0, 0.1) is 17.0 Å². The molecule has 2 rings (SSSR count). The van der Waals surface area contributed by atoms with E-state index in [2.05, 4.69) is 15.6 Å². The van der Waals surface area contributed by atoms with E-state index in [0.29, 0.717) is 25.1 Å². The van der Waals surface area contributed by atoms with Crippen molar-refractivity contribution < 1.29 is 14.5 Å². The Hall–Kier alpha value is -3.23. The Balaban J connectivity index is 1.84. The molecule has 1 heterocycles. The maximum Gasteiger partial charge on any atom is 0.313 e. The van der Waals surface area contributed by atoms with Crippen LogP contribution < -0.4 is 10.6 Å². The molecule has 0 aliphatic rings. The van der Waals surface area contributed by atoms with Gasteiger partial charge >= 0.3 is 11.8 Å². The molecule has 1 aromatic carbocycles. The molecule has 9 heteroatoms. The minimum Gasteiger partial charge on any atom is -0.348 e. The van der Waals surface area contributed by atoms with Crippen LogP contribution in [0.1, 0.15) is 12.0 Å². The summed E-state index contributed by atoms with van der Waals surface area (Å²) in [5.41, 5.74) is 0.710. The van der Waals surface area contributed by atoms with E-state index in [4.69, 9.17) is 0 Å². The van der Waals surface area contributed by atoms with Gasteiger partial charge in [0.15, 0.2) is 0 Å². The number of imidazole rings is 1. The fourth-order valence-corrected chi connectivity index (χ4v) is 2.00. The van der Waals surface area contributed by atoms with Crippen molar-refractivity contribution in [3.8, 4) is 0 Å². The van der Waals surface area contributed by atoms with Crippen LogP contribution >= 0.6 is 0 Å². The van der Waals surface area contributed by atoms with E-state index < -0.39 is 16.7 Å². The summed E-state index contributed by atoms with van der Waals surface area (Å²) in [6, 6.07) is 4.07. The number of rotatable bonds is 6. The summed E-state index contributed by atoms with van der Waals surface area (Å²) in [5.74, 6) is -1.65. The van der Waals surface area contributed by atoms with Gasteiger partial charge in [0.25, 0.3) is 5.69 Å². The van der Waals surface area contributed by atoms with E-state index >= 15 is 0 Å². The van der Waals surface area contributed by atoms with Crippen LogP contribution in [0.25, 0.3) is 0 Å². The zero-order valence-corrected chi connectivity index (χ0v) is 13.1. The summed E-state index contributed by atoms with van der Waals surface area (Å²) in [7, 11) is 0. The average molecular weight is 331 g/mol. The maximum absolute atomic E-state index is 11.9. The van der Waals surface area contributed by atoms with Crippen molar-refractivity contribution in [1.82, 2.24) is 14.9 Å². The highest BCUT2D eigenvalue weighted by Crippen LogP contribution is 2.21. The molecule has 0 aliphatic heterocycles. The summed E-state index contributed by atoms with van der Waals surface area (Å²) < 4.78 is 1.86. The highest BCUT2D eigenvalue weighted by molar-refractivity contribution is 6.39. The first-order valence-electron chi connectivity index (χ1n) is 7.27. The highest BCUT2D eigenvalue weighted by Gasteiger charge is 2.16. The smallest absolute Gasteiger partial charge is 0.313 e. The largest absolute Gasteiger partial charge is 0.348 e. The van der Waals surface area contributed by atoms with Crippen LogP contribution in [-0.4, -0.2) is 32.8 Å². The molecule has 0 atom stereocenters. The van der Waals surface area contributed by atoms with Gasteiger partial charge in [-0.2, -0.15) is 0 Å². The van der Waals surface area contributed by atoms with Gasteiger partial charge in [-0.05, 0) is 18.9 Å². The number of nitro benzene ring substituents is 1. The highest BCUT2D eigenvalue weighted by atomic mass is 16.6. The summed E-state index contributed by atoms with van der Waals surface area (Å²) in [6.45, 7) is 2.69. The van der Waals surface area contributed by atoms with Crippen molar-refractivity contribution in [1.29, 1.82) is 0 Å². The number of non-ortho nitro benzene ring substituents is 1. The minimum absolute atomic E-state index is 0.156. The molecule has 24 heavy (non-hydrogen) atoms. The lowest BCUT2D eigenvalue weighted by molar-refractivity contribution is -0.384. The van der Waals surface area contributed by atoms with Gasteiger partial charge < -0.3 is 15.2 Å². The third-order valence-corrected chi connectivity index (χ3v) is 3.32. The van der Waals surface area contributed by atoms with Crippen molar-refractivity contribution >= 4 is 23.2 Å². The van der Waals surface area contributed by atoms with Crippen LogP contribution in [0.2, 0.25) is 0 Å². The van der Waals surface area contributed by atoms with Gasteiger partial charge in [-0.3, -0.25) is 19.7 Å². The quantitative estimate of drug-likeness (QED) is 0.357. The summed E-state index contributed by atoms with van der Waals surface area (Å²) in [5, 5.41) is 15.7. The van der Waals surface area contributed by atoms with E-state index in [9.17, 15) is 19.7 Å². The molecule has 0 spiro atoms. The lowest BCUT2D eigenvalue weighted by Gasteiger charge is -2.09. The number of anilines is 1. The predicted octanol–water partition coefficient (Wildman–Crippen LogP) is 1.24. The number of hydrogen-bond donors (Lipinski definition) is 2. The van der Waals surface area contributed by atoms with Crippen molar-refractivity contribution in [3.05, 3.63) is 52.6 Å². The molecule has 0 saturated heterocycles. The van der Waals surface area contributed by atoms with Crippen LogP contribution in [0.4, 0.5) is 11.4 Å². The molecule has 0 radical (unpaired) electrons. The number of aromatic nitrogens is 2. The number of carbonyl (C=O) groups excluding carboxylic acids is 2. The maximum atomic E-state index is 11.9. The van der Waals surface area contributed by atoms with Gasteiger partial charge in [-0.1, -0.05) is 6.07 Å². The van der Waals surface area contributed by atoms with E-state index in [1.807, 2.05) is 4.57 Å². The zero-order valence-electron chi connectivity index (χ0n) is 13.1. The SMILES string of the molecule is Cc1ccc([N+](=O)[O-])cc1NC(=O)C(=O)NCCCn1ccnc1. The van der Waals surface area contributed by atoms with Crippen molar-refractivity contribution in [2.24, 2.45) is 0 Å². The van der Waals surface area contributed by atoms with E-state index in [0.717, 1.165) is 0 Å². The molecule has 0 fully saturated rings. The Morgan fingerprint density at radius 3 is 2.79 bits per heavy atom. The molecule has 1 aromatic heterocycles. The number of nitrogens with one attached hydrogen (secondary N) is 2. The van der Waals surface area contributed by atoms with Gasteiger partial charge in [0, 0.05) is 37.6 Å². The molecule has 2 N–H and O–H groups in total. The Bertz CT molecular complexity index is 742. The molecule has 0 saturated carbocycles. The fourth-order valence-electron chi connectivity index (χ4n) is 2.00. The van der Waals surface area contributed by atoms with Crippen LogP contribution in [-0.2, 0) is 16.1 Å². The number of nitro groups is 1. The van der Waals surface area contributed by atoms with E-state index in [1.165, 1.54) is 18.2 Å². The average Bonchev–Trinajstić information content (AvgIpc) is 3.06. The van der Waals surface area contributed by atoms with Crippen molar-refractivity contribution in [2.45, 2.75) is 19.9 Å². The Morgan fingerprint density at radius 2 is 2.12 bits per heavy atom. The third-order valence-electron chi connectivity index (χ3n) is 3.32. The summed E-state index contributed by atoms with van der Waals surface area (Å²) in [4.78, 5) is 37.7. The molecule has 9 nitrogen and oxygen atoms in total. The van der Waals surface area contributed by atoms with E-state index in [1.54, 1.807) is 25.6 Å². The third kappa shape index (κ3) is 4.63. The number of amides is 2. The Morgan fingerprint density at radius 1 is 1.33 bits per heavy atom. The number of benzene rings is 1. The second-order valence-corrected chi connectivity index (χ2v) is 5.12. The van der Waals surface area contributed by atoms with Crippen LogP contribution in [0.5, 0.6) is 0 Å². The predicted molar refractivity (Wildman–Crippen MR) is 86.3 cm³/mol. The molecule has 126 valence electrons. The number of aryl methyl sites for hydroxylation is 2. The molecule has 0 bridgehead atoms. The number of carbonyl (C=O) groups is 2.